The van der Waals surface area contributed by atoms with Gasteiger partial charge in [0, 0.05) is 31.6 Å². The Morgan fingerprint density at radius 1 is 1.23 bits per heavy atom. The van der Waals surface area contributed by atoms with Crippen LogP contribution in [0.3, 0.4) is 0 Å². The van der Waals surface area contributed by atoms with Crippen molar-refractivity contribution in [2.24, 2.45) is 5.92 Å². The van der Waals surface area contributed by atoms with E-state index in [1.807, 2.05) is 12.1 Å². The van der Waals surface area contributed by atoms with Gasteiger partial charge in [-0.05, 0) is 36.1 Å². The Morgan fingerprint density at radius 3 is 2.51 bits per heavy atom. The molecular formula is C25H29F3N4O3. The maximum atomic E-state index is 14.0. The molecule has 3 atom stereocenters. The molecule has 1 saturated heterocycles. The van der Waals surface area contributed by atoms with Crippen LogP contribution in [-0.4, -0.2) is 64.2 Å². The zero-order chi connectivity index (χ0) is 25.5. The number of carboxylic acid groups (broad SMARTS) is 1. The van der Waals surface area contributed by atoms with Crippen molar-refractivity contribution in [2.75, 3.05) is 25.5 Å². The summed E-state index contributed by atoms with van der Waals surface area (Å²) in [6.45, 7) is 4.27. The molecule has 1 aromatic carbocycles. The number of carbonyl (C=O) groups is 2. The van der Waals surface area contributed by atoms with Crippen LogP contribution in [0.5, 0.6) is 0 Å². The van der Waals surface area contributed by atoms with E-state index in [1.54, 1.807) is 6.07 Å². The highest BCUT2D eigenvalue weighted by molar-refractivity contribution is 5.80. The fraction of sp³-hybridized carbons (Fsp3) is 0.480. The highest BCUT2D eigenvalue weighted by Crippen LogP contribution is 2.41. The summed E-state index contributed by atoms with van der Waals surface area (Å²) >= 11 is 0. The molecule has 1 aliphatic heterocycles. The first-order valence-corrected chi connectivity index (χ1v) is 11.5. The molecule has 4 rings (SSSR count). The summed E-state index contributed by atoms with van der Waals surface area (Å²) in [5, 5.41) is 12.5. The minimum atomic E-state index is -4.74. The van der Waals surface area contributed by atoms with E-state index >= 15 is 0 Å². The van der Waals surface area contributed by atoms with Crippen molar-refractivity contribution in [2.45, 2.75) is 50.4 Å². The van der Waals surface area contributed by atoms with Gasteiger partial charge < -0.3 is 20.2 Å². The lowest BCUT2D eigenvalue weighted by atomic mass is 9.83. The number of benzene rings is 1. The molecule has 188 valence electrons. The van der Waals surface area contributed by atoms with Crippen molar-refractivity contribution in [3.8, 4) is 0 Å². The van der Waals surface area contributed by atoms with Crippen LogP contribution in [0.2, 0.25) is 0 Å². The maximum Gasteiger partial charge on any atom is 0.414 e. The summed E-state index contributed by atoms with van der Waals surface area (Å²) in [5.74, 6) is -1.56. The van der Waals surface area contributed by atoms with Crippen LogP contribution in [-0.2, 0) is 16.6 Å². The molecule has 2 aromatic rings. The number of hydrogen-bond donors (Lipinski definition) is 2. The molecule has 35 heavy (non-hydrogen) atoms. The van der Waals surface area contributed by atoms with Crippen LogP contribution in [0.25, 0.3) is 0 Å². The lowest BCUT2D eigenvalue weighted by molar-refractivity contribution is -0.191. The SMILES string of the molecule is CN(C(=O)[C@@H]1CCN(C(=O)O)C1)[C@@H](c1ccc(N[C@H]2Cc3ccccc3C2(C)C)cn1)C(F)(F)F. The highest BCUT2D eigenvalue weighted by atomic mass is 19.4. The van der Waals surface area contributed by atoms with Crippen LogP contribution >= 0.6 is 0 Å². The summed E-state index contributed by atoms with van der Waals surface area (Å²) < 4.78 is 42.1. The molecular weight excluding hydrogens is 461 g/mol. The van der Waals surface area contributed by atoms with Crippen LogP contribution in [0.1, 0.15) is 43.1 Å². The molecule has 0 bridgehead atoms. The number of rotatable bonds is 5. The highest BCUT2D eigenvalue weighted by Gasteiger charge is 2.48. The van der Waals surface area contributed by atoms with Gasteiger partial charge in [0.15, 0.2) is 6.04 Å². The molecule has 0 spiro atoms. The minimum absolute atomic E-state index is 0.0507. The molecule has 7 nitrogen and oxygen atoms in total. The quantitative estimate of drug-likeness (QED) is 0.647. The van der Waals surface area contributed by atoms with Gasteiger partial charge in [-0.2, -0.15) is 13.2 Å². The zero-order valence-electron chi connectivity index (χ0n) is 19.8. The van der Waals surface area contributed by atoms with E-state index in [9.17, 15) is 22.8 Å². The lowest BCUT2D eigenvalue weighted by Gasteiger charge is -2.32. The summed E-state index contributed by atoms with van der Waals surface area (Å²) in [6, 6.07) is 8.84. The number of hydrogen-bond acceptors (Lipinski definition) is 4. The molecule has 0 radical (unpaired) electrons. The molecule has 10 heteroatoms. The predicted molar refractivity (Wildman–Crippen MR) is 124 cm³/mol. The third-order valence-corrected chi connectivity index (χ3v) is 7.27. The number of pyridine rings is 1. The second kappa shape index (κ2) is 9.05. The standard InChI is InChI=1S/C25H29F3N4O3/c1-24(2)18-7-5-4-6-15(18)12-20(24)30-17-8-9-19(29-13-17)21(25(26,27)28)31(3)22(33)16-10-11-32(14-16)23(34)35/h4-9,13,16,20-21,30H,10-12,14H2,1-3H3,(H,34,35)/t16-,20+,21+/m1/s1. The molecule has 2 amide bonds. The molecule has 2 aliphatic rings. The van der Waals surface area contributed by atoms with Gasteiger partial charge in [0.2, 0.25) is 5.91 Å². The fourth-order valence-electron chi connectivity index (χ4n) is 5.21. The van der Waals surface area contributed by atoms with E-state index in [2.05, 4.69) is 36.3 Å². The van der Waals surface area contributed by atoms with Crippen LogP contribution in [0.15, 0.2) is 42.6 Å². The lowest BCUT2D eigenvalue weighted by Crippen LogP contribution is -2.43. The third kappa shape index (κ3) is 4.78. The second-order valence-corrected chi connectivity index (χ2v) is 9.86. The number of nitrogens with zero attached hydrogens (tertiary/aromatic N) is 3. The Morgan fingerprint density at radius 2 is 1.94 bits per heavy atom. The normalized spacial score (nSPS) is 21.9. The third-order valence-electron chi connectivity index (χ3n) is 7.27. The Bertz CT molecular complexity index is 1100. The Kier molecular flexibility index (Phi) is 6.42. The number of amides is 2. The maximum absolute atomic E-state index is 14.0. The van der Waals surface area contributed by atoms with Gasteiger partial charge in [-0.15, -0.1) is 0 Å². The summed E-state index contributed by atoms with van der Waals surface area (Å²) in [4.78, 5) is 29.7. The average Bonchev–Trinajstić information content (AvgIpc) is 3.38. The Balaban J connectivity index is 1.50. The first-order valence-electron chi connectivity index (χ1n) is 11.5. The van der Waals surface area contributed by atoms with Gasteiger partial charge in [0.05, 0.1) is 23.5 Å². The topological polar surface area (TPSA) is 85.8 Å². The van der Waals surface area contributed by atoms with Gasteiger partial charge in [-0.1, -0.05) is 38.1 Å². The van der Waals surface area contributed by atoms with E-state index in [1.165, 1.54) is 23.4 Å². The van der Waals surface area contributed by atoms with Crippen LogP contribution in [0, 0.1) is 5.92 Å². The molecule has 1 fully saturated rings. The number of halogens is 3. The van der Waals surface area contributed by atoms with Gasteiger partial charge in [0.1, 0.15) is 0 Å². The van der Waals surface area contributed by atoms with E-state index < -0.39 is 30.1 Å². The molecule has 0 unspecified atom stereocenters. The average molecular weight is 491 g/mol. The van der Waals surface area contributed by atoms with Crippen molar-refractivity contribution >= 4 is 17.7 Å². The van der Waals surface area contributed by atoms with Gasteiger partial charge in [0.25, 0.3) is 0 Å². The summed E-state index contributed by atoms with van der Waals surface area (Å²) in [6.07, 6.45) is -3.58. The van der Waals surface area contributed by atoms with Gasteiger partial charge in [-0.3, -0.25) is 9.78 Å². The van der Waals surface area contributed by atoms with Crippen LogP contribution < -0.4 is 5.32 Å². The largest absolute Gasteiger partial charge is 0.465 e. The second-order valence-electron chi connectivity index (χ2n) is 9.86. The predicted octanol–water partition coefficient (Wildman–Crippen LogP) is 4.46. The molecule has 0 saturated carbocycles. The number of aromatic nitrogens is 1. The van der Waals surface area contributed by atoms with E-state index in [0.717, 1.165) is 18.4 Å². The minimum Gasteiger partial charge on any atom is -0.465 e. The number of fused-ring (bicyclic) bond motifs is 1. The monoisotopic (exact) mass is 490 g/mol. The number of alkyl halides is 3. The van der Waals surface area contributed by atoms with E-state index in [-0.39, 0.29) is 36.7 Å². The number of anilines is 1. The number of carbonyl (C=O) groups excluding carboxylic acids is 1. The van der Waals surface area contributed by atoms with Gasteiger partial charge in [-0.25, -0.2) is 4.79 Å². The van der Waals surface area contributed by atoms with Crippen molar-refractivity contribution in [1.82, 2.24) is 14.8 Å². The van der Waals surface area contributed by atoms with Crippen molar-refractivity contribution in [1.29, 1.82) is 0 Å². The first kappa shape index (κ1) is 24.8. The zero-order valence-corrected chi connectivity index (χ0v) is 19.8. The Labute approximate surface area is 201 Å². The van der Waals surface area contributed by atoms with Crippen molar-refractivity contribution in [3.63, 3.8) is 0 Å². The Hall–Kier alpha value is -3.30. The molecule has 1 aliphatic carbocycles. The van der Waals surface area contributed by atoms with E-state index in [0.29, 0.717) is 10.6 Å². The van der Waals surface area contributed by atoms with Crippen LogP contribution in [0.4, 0.5) is 23.7 Å². The van der Waals surface area contributed by atoms with Crippen molar-refractivity contribution < 1.29 is 27.9 Å². The smallest absolute Gasteiger partial charge is 0.414 e. The van der Waals surface area contributed by atoms with E-state index in [4.69, 9.17) is 5.11 Å². The molecule has 1 aromatic heterocycles. The van der Waals surface area contributed by atoms with Crippen molar-refractivity contribution in [3.05, 3.63) is 59.4 Å². The molecule has 2 N–H and O–H groups in total. The number of likely N-dealkylation sites (tertiary alicyclic amines) is 1. The van der Waals surface area contributed by atoms with Gasteiger partial charge >= 0.3 is 12.3 Å². The summed E-state index contributed by atoms with van der Waals surface area (Å²) in [7, 11) is 1.09. The molecule has 2 heterocycles. The summed E-state index contributed by atoms with van der Waals surface area (Å²) in [5.41, 5.74) is 2.63. The fourth-order valence-corrected chi connectivity index (χ4v) is 5.21. The first-order chi connectivity index (χ1) is 16.4. The number of nitrogens with one attached hydrogen (secondary N) is 1.